The highest BCUT2D eigenvalue weighted by atomic mass is 14.3. The average molecular weight is 579 g/mol. The molecule has 0 N–H and O–H groups in total. The molecule has 10 aromatic rings. The molecule has 2 nitrogen and oxygen atoms in total. The van der Waals surface area contributed by atoms with Crippen LogP contribution in [0.4, 0.5) is 0 Å². The van der Waals surface area contributed by atoms with E-state index in [1.165, 1.54) is 70.0 Å². The predicted octanol–water partition coefficient (Wildman–Crippen LogP) is 11.7. The Hall–Kier alpha value is -6.48. The largest absolute Gasteiger partial charge is 0.192 e. The molecule has 0 bridgehead atoms. The monoisotopic (exact) mass is 578 g/mol. The Labute approximate surface area is 264 Å². The van der Waals surface area contributed by atoms with E-state index in [2.05, 4.69) is 109 Å². The molecule has 0 unspecified atom stereocenters. The summed E-state index contributed by atoms with van der Waals surface area (Å²) >= 11 is 0. The SMILES string of the molecule is N#Cc1cccc(-c2c3cc4c5ccccc5c5cccc(c3c(-c3cccc(C#N)c3)c3c6cccc7cccc(c23)c76)c54)c1. The van der Waals surface area contributed by atoms with Crippen molar-refractivity contribution in [1.82, 2.24) is 0 Å². The van der Waals surface area contributed by atoms with Crippen molar-refractivity contribution < 1.29 is 0 Å². The van der Waals surface area contributed by atoms with Crippen LogP contribution >= 0.6 is 0 Å². The fraction of sp³-hybridized carbons (Fsp3) is 0. The van der Waals surface area contributed by atoms with Gasteiger partial charge in [0.2, 0.25) is 0 Å². The molecule has 0 fully saturated rings. The summed E-state index contributed by atoms with van der Waals surface area (Å²) in [5.41, 5.74) is 5.61. The summed E-state index contributed by atoms with van der Waals surface area (Å²) in [5, 5.41) is 36.9. The molecular formula is C44H22N2. The maximum Gasteiger partial charge on any atom is 0.0991 e. The van der Waals surface area contributed by atoms with Gasteiger partial charge >= 0.3 is 0 Å². The van der Waals surface area contributed by atoms with Crippen LogP contribution in [0.3, 0.4) is 0 Å². The molecule has 10 aromatic carbocycles. The Morgan fingerprint density at radius 1 is 0.326 bits per heavy atom. The molecular weight excluding hydrogens is 556 g/mol. The van der Waals surface area contributed by atoms with Gasteiger partial charge in [-0.15, -0.1) is 0 Å². The Bertz CT molecular complexity index is 2980. The molecule has 0 aliphatic heterocycles. The van der Waals surface area contributed by atoms with Crippen molar-refractivity contribution in [3.63, 3.8) is 0 Å². The van der Waals surface area contributed by atoms with Gasteiger partial charge in [0, 0.05) is 0 Å². The van der Waals surface area contributed by atoms with Crippen LogP contribution in [0.15, 0.2) is 133 Å². The van der Waals surface area contributed by atoms with Crippen molar-refractivity contribution in [3.8, 4) is 34.4 Å². The van der Waals surface area contributed by atoms with Crippen molar-refractivity contribution in [1.29, 1.82) is 10.5 Å². The summed E-state index contributed by atoms with van der Waals surface area (Å²) in [6.45, 7) is 0. The van der Waals surface area contributed by atoms with E-state index in [9.17, 15) is 10.5 Å². The third-order valence-corrected chi connectivity index (χ3v) is 9.94. The van der Waals surface area contributed by atoms with E-state index in [0.717, 1.165) is 27.6 Å². The molecule has 0 aliphatic rings. The predicted molar refractivity (Wildman–Crippen MR) is 192 cm³/mol. The van der Waals surface area contributed by atoms with Crippen LogP contribution in [0.1, 0.15) is 11.1 Å². The third-order valence-electron chi connectivity index (χ3n) is 9.94. The Balaban J connectivity index is 1.60. The van der Waals surface area contributed by atoms with Gasteiger partial charge in [-0.05, 0) is 128 Å². The van der Waals surface area contributed by atoms with Gasteiger partial charge in [0.05, 0.1) is 23.3 Å². The molecule has 0 spiro atoms. The van der Waals surface area contributed by atoms with Gasteiger partial charge in [0.1, 0.15) is 0 Å². The number of hydrogen-bond donors (Lipinski definition) is 0. The summed E-state index contributed by atoms with van der Waals surface area (Å²) in [7, 11) is 0. The minimum Gasteiger partial charge on any atom is -0.192 e. The van der Waals surface area contributed by atoms with Crippen LogP contribution in [0.5, 0.6) is 0 Å². The molecule has 2 heteroatoms. The molecule has 0 saturated carbocycles. The van der Waals surface area contributed by atoms with Crippen LogP contribution in [-0.4, -0.2) is 0 Å². The number of rotatable bonds is 2. The first kappa shape index (κ1) is 24.9. The highest BCUT2D eigenvalue weighted by Gasteiger charge is 2.26. The minimum absolute atomic E-state index is 0.636. The first-order chi connectivity index (χ1) is 22.7. The Morgan fingerprint density at radius 2 is 0.826 bits per heavy atom. The van der Waals surface area contributed by atoms with Gasteiger partial charge in [0.25, 0.3) is 0 Å². The lowest BCUT2D eigenvalue weighted by atomic mass is 9.83. The van der Waals surface area contributed by atoms with E-state index in [1.54, 1.807) is 0 Å². The van der Waals surface area contributed by atoms with Crippen LogP contribution in [-0.2, 0) is 0 Å². The molecule has 208 valence electrons. The molecule has 0 radical (unpaired) electrons. The van der Waals surface area contributed by atoms with Crippen molar-refractivity contribution >= 4 is 75.4 Å². The van der Waals surface area contributed by atoms with E-state index in [-0.39, 0.29) is 0 Å². The second-order valence-electron chi connectivity index (χ2n) is 12.2. The molecule has 46 heavy (non-hydrogen) atoms. The van der Waals surface area contributed by atoms with E-state index >= 15 is 0 Å². The van der Waals surface area contributed by atoms with Gasteiger partial charge in [-0.2, -0.15) is 10.5 Å². The molecule has 10 rings (SSSR count). The van der Waals surface area contributed by atoms with E-state index in [4.69, 9.17) is 0 Å². The number of benzene rings is 8. The quantitative estimate of drug-likeness (QED) is 0.192. The van der Waals surface area contributed by atoms with E-state index in [0.29, 0.717) is 11.1 Å². The fourth-order valence-electron chi connectivity index (χ4n) is 8.22. The zero-order chi connectivity index (χ0) is 30.5. The summed E-state index contributed by atoms with van der Waals surface area (Å²) in [5.74, 6) is 0. The smallest absolute Gasteiger partial charge is 0.0991 e. The van der Waals surface area contributed by atoms with E-state index in [1.807, 2.05) is 36.4 Å². The number of hydrogen-bond acceptors (Lipinski definition) is 2. The molecule has 0 heterocycles. The molecule has 0 saturated heterocycles. The topological polar surface area (TPSA) is 47.6 Å². The minimum atomic E-state index is 0.636. The fourth-order valence-corrected chi connectivity index (χ4v) is 8.22. The highest BCUT2D eigenvalue weighted by molar-refractivity contribution is 6.44. The zero-order valence-corrected chi connectivity index (χ0v) is 24.6. The van der Waals surface area contributed by atoms with Crippen LogP contribution in [0.2, 0.25) is 0 Å². The summed E-state index contributed by atoms with van der Waals surface area (Å²) in [6.07, 6.45) is 0. The summed E-state index contributed by atoms with van der Waals surface area (Å²) < 4.78 is 0. The lowest BCUT2D eigenvalue weighted by molar-refractivity contribution is 1.48. The van der Waals surface area contributed by atoms with Crippen LogP contribution < -0.4 is 0 Å². The second kappa shape index (κ2) is 9.02. The number of nitriles is 2. The van der Waals surface area contributed by atoms with Crippen molar-refractivity contribution in [2.75, 3.05) is 0 Å². The highest BCUT2D eigenvalue weighted by Crippen LogP contribution is 2.54. The maximum absolute atomic E-state index is 10.00. The summed E-state index contributed by atoms with van der Waals surface area (Å²) in [4.78, 5) is 0. The van der Waals surface area contributed by atoms with E-state index < -0.39 is 0 Å². The lowest BCUT2D eigenvalue weighted by Crippen LogP contribution is -1.92. The first-order valence-corrected chi connectivity index (χ1v) is 15.5. The van der Waals surface area contributed by atoms with Gasteiger partial charge in [-0.3, -0.25) is 0 Å². The second-order valence-corrected chi connectivity index (χ2v) is 12.2. The number of nitrogens with zero attached hydrogens (tertiary/aromatic N) is 2. The molecule has 0 aliphatic carbocycles. The average Bonchev–Trinajstić information content (AvgIpc) is 3.62. The van der Waals surface area contributed by atoms with Crippen molar-refractivity contribution in [2.45, 2.75) is 0 Å². The molecule has 0 aromatic heterocycles. The zero-order valence-electron chi connectivity index (χ0n) is 24.6. The lowest BCUT2D eigenvalue weighted by Gasteiger charge is -2.19. The van der Waals surface area contributed by atoms with Gasteiger partial charge in [0.15, 0.2) is 0 Å². The third kappa shape index (κ3) is 3.13. The molecule has 0 amide bonds. The van der Waals surface area contributed by atoms with Gasteiger partial charge < -0.3 is 0 Å². The number of fused-ring (bicyclic) bond motifs is 8. The van der Waals surface area contributed by atoms with Gasteiger partial charge in [-0.1, -0.05) is 103 Å². The normalized spacial score (nSPS) is 11.9. The molecule has 0 atom stereocenters. The first-order valence-electron chi connectivity index (χ1n) is 15.5. The van der Waals surface area contributed by atoms with Crippen molar-refractivity contribution in [3.05, 3.63) is 145 Å². The maximum atomic E-state index is 10.00. The Morgan fingerprint density at radius 3 is 1.48 bits per heavy atom. The Kier molecular flexibility index (Phi) is 4.89. The van der Waals surface area contributed by atoms with Crippen LogP contribution in [0.25, 0.3) is 97.7 Å². The standard InChI is InChI=1S/C44H22N2/c45-23-25-8-3-12-28(20-25)39-37-22-36-31-15-2-1-14-30(31)32-16-7-19-35(41(32)36)42(37)40(29-13-4-9-26(21-29)24-46)44-34-18-6-11-27-10-5-17-33(38(27)34)43(39)44/h1-22H. The van der Waals surface area contributed by atoms with Crippen LogP contribution in [0, 0.1) is 22.7 Å². The summed E-state index contributed by atoms with van der Waals surface area (Å²) in [6, 6.07) is 51.8. The van der Waals surface area contributed by atoms with Gasteiger partial charge in [-0.25, -0.2) is 0 Å². The van der Waals surface area contributed by atoms with Crippen molar-refractivity contribution in [2.24, 2.45) is 0 Å².